The van der Waals surface area contributed by atoms with Crippen molar-refractivity contribution in [2.45, 2.75) is 0 Å². The molecule has 9 aromatic rings. The summed E-state index contributed by atoms with van der Waals surface area (Å²) in [5.74, 6) is 2.37. The van der Waals surface area contributed by atoms with E-state index in [-0.39, 0.29) is 0 Å². The molecule has 0 bridgehead atoms. The fraction of sp³-hybridized carbons (Fsp3) is 0. The van der Waals surface area contributed by atoms with Crippen molar-refractivity contribution in [3.8, 4) is 56.7 Å². The molecule has 6 nitrogen and oxygen atoms in total. The number of fused-ring (bicyclic) bond motifs is 5. The fourth-order valence-corrected chi connectivity index (χ4v) is 5.88. The number of oxazole rings is 1. The van der Waals surface area contributed by atoms with Crippen molar-refractivity contribution >= 4 is 33.0 Å². The molecule has 46 heavy (non-hydrogen) atoms. The number of aromatic nitrogens is 4. The van der Waals surface area contributed by atoms with Gasteiger partial charge in [0, 0.05) is 27.6 Å². The van der Waals surface area contributed by atoms with Crippen LogP contribution in [-0.4, -0.2) is 19.9 Å². The third-order valence-corrected chi connectivity index (χ3v) is 8.19. The van der Waals surface area contributed by atoms with Gasteiger partial charge in [-0.15, -0.1) is 0 Å². The smallest absolute Gasteiger partial charge is 0.227 e. The fourth-order valence-electron chi connectivity index (χ4n) is 5.88. The third-order valence-electron chi connectivity index (χ3n) is 8.19. The first-order valence-electron chi connectivity index (χ1n) is 15.1. The molecule has 0 aliphatic rings. The maximum Gasteiger partial charge on any atom is 0.227 e. The van der Waals surface area contributed by atoms with Crippen molar-refractivity contribution in [3.63, 3.8) is 0 Å². The molecule has 0 atom stereocenters. The van der Waals surface area contributed by atoms with Gasteiger partial charge in [0.1, 0.15) is 16.7 Å². The van der Waals surface area contributed by atoms with Gasteiger partial charge in [-0.3, -0.25) is 0 Å². The summed E-state index contributed by atoms with van der Waals surface area (Å²) in [4.78, 5) is 19.4. The van der Waals surface area contributed by atoms with Crippen molar-refractivity contribution in [2.75, 3.05) is 0 Å². The van der Waals surface area contributed by atoms with E-state index in [1.807, 2.05) is 121 Å². The molecule has 0 aliphatic carbocycles. The molecule has 0 fully saturated rings. The zero-order valence-electron chi connectivity index (χ0n) is 24.5. The normalized spacial score (nSPS) is 11.5. The van der Waals surface area contributed by atoms with Gasteiger partial charge in [0.15, 0.2) is 23.1 Å². The molecule has 6 aromatic carbocycles. The molecule has 0 amide bonds. The minimum absolute atomic E-state index is 0.570. The predicted octanol–water partition coefficient (Wildman–Crippen LogP) is 10.2. The highest BCUT2D eigenvalue weighted by molar-refractivity contribution is 6.16. The number of nitrogens with zero attached hydrogens (tertiary/aromatic N) is 4. The second kappa shape index (κ2) is 10.6. The van der Waals surface area contributed by atoms with E-state index in [9.17, 15) is 0 Å². The molecule has 0 saturated heterocycles. The molecule has 0 unspecified atom stereocenters. The van der Waals surface area contributed by atoms with Crippen LogP contribution in [0, 0.1) is 0 Å². The van der Waals surface area contributed by atoms with Crippen LogP contribution < -0.4 is 0 Å². The zero-order valence-corrected chi connectivity index (χ0v) is 24.5. The Balaban J connectivity index is 1.14. The van der Waals surface area contributed by atoms with E-state index >= 15 is 0 Å². The number of benzene rings is 6. The number of hydrogen-bond donors (Lipinski definition) is 0. The lowest BCUT2D eigenvalue weighted by Gasteiger charge is -2.08. The van der Waals surface area contributed by atoms with Crippen LogP contribution in [0.25, 0.3) is 89.8 Å². The molecular formula is C40H24N4O2. The minimum Gasteiger partial charge on any atom is -0.456 e. The lowest BCUT2D eigenvalue weighted by atomic mass is 10.0. The quantitative estimate of drug-likeness (QED) is 0.198. The first kappa shape index (κ1) is 26.0. The Labute approximate surface area is 263 Å². The summed E-state index contributed by atoms with van der Waals surface area (Å²) < 4.78 is 12.8. The molecule has 0 aliphatic heterocycles. The van der Waals surface area contributed by atoms with Crippen LogP contribution in [0.2, 0.25) is 0 Å². The second-order valence-corrected chi connectivity index (χ2v) is 11.1. The lowest BCUT2D eigenvalue weighted by molar-refractivity contribution is 0.622. The van der Waals surface area contributed by atoms with Crippen molar-refractivity contribution in [2.24, 2.45) is 0 Å². The molecule has 216 valence electrons. The van der Waals surface area contributed by atoms with Gasteiger partial charge in [-0.2, -0.15) is 0 Å². The molecule has 6 heteroatoms. The molecule has 3 heterocycles. The first-order chi connectivity index (χ1) is 22.8. The maximum absolute atomic E-state index is 6.42. The summed E-state index contributed by atoms with van der Waals surface area (Å²) in [7, 11) is 0. The summed E-state index contributed by atoms with van der Waals surface area (Å²) in [5.41, 5.74) is 8.82. The van der Waals surface area contributed by atoms with Gasteiger partial charge in [-0.05, 0) is 47.5 Å². The number of furan rings is 1. The van der Waals surface area contributed by atoms with Crippen LogP contribution in [0.5, 0.6) is 0 Å². The average molecular weight is 593 g/mol. The highest BCUT2D eigenvalue weighted by Gasteiger charge is 2.19. The largest absolute Gasteiger partial charge is 0.456 e. The third kappa shape index (κ3) is 4.52. The van der Waals surface area contributed by atoms with Crippen LogP contribution in [0.1, 0.15) is 0 Å². The topological polar surface area (TPSA) is 77.8 Å². The summed E-state index contributed by atoms with van der Waals surface area (Å²) in [6.45, 7) is 0. The summed E-state index contributed by atoms with van der Waals surface area (Å²) in [6, 6.07) is 48.5. The molecule has 0 saturated carbocycles. The Morgan fingerprint density at radius 3 is 1.52 bits per heavy atom. The Hall–Kier alpha value is -6.40. The summed E-state index contributed by atoms with van der Waals surface area (Å²) in [6.07, 6.45) is 0. The summed E-state index contributed by atoms with van der Waals surface area (Å²) >= 11 is 0. The van der Waals surface area contributed by atoms with Gasteiger partial charge < -0.3 is 8.83 Å². The molecule has 0 spiro atoms. The number of rotatable bonds is 5. The van der Waals surface area contributed by atoms with Crippen LogP contribution in [0.3, 0.4) is 0 Å². The molecular weight excluding hydrogens is 568 g/mol. The Bertz CT molecular complexity index is 2450. The SMILES string of the molecule is c1ccc(-c2ccc(-c3nc4ccc5oc6cc(-c7nc(-c8ccccc8)nc(-c8ccccc8)n7)ccc6c5c4o3)cc2)cc1. The summed E-state index contributed by atoms with van der Waals surface area (Å²) in [5, 5.41) is 1.83. The molecule has 9 rings (SSSR count). The molecule has 0 radical (unpaired) electrons. The first-order valence-corrected chi connectivity index (χ1v) is 15.1. The van der Waals surface area contributed by atoms with E-state index in [2.05, 4.69) is 24.3 Å². The van der Waals surface area contributed by atoms with E-state index in [1.165, 1.54) is 5.56 Å². The monoisotopic (exact) mass is 592 g/mol. The van der Waals surface area contributed by atoms with Gasteiger partial charge >= 0.3 is 0 Å². The van der Waals surface area contributed by atoms with Crippen molar-refractivity contribution in [3.05, 3.63) is 146 Å². The van der Waals surface area contributed by atoms with Crippen molar-refractivity contribution in [1.82, 2.24) is 19.9 Å². The van der Waals surface area contributed by atoms with E-state index < -0.39 is 0 Å². The van der Waals surface area contributed by atoms with Gasteiger partial charge in [-0.1, -0.05) is 109 Å². The van der Waals surface area contributed by atoms with Crippen LogP contribution >= 0.6 is 0 Å². The number of hydrogen-bond acceptors (Lipinski definition) is 6. The Morgan fingerprint density at radius 1 is 0.370 bits per heavy atom. The van der Waals surface area contributed by atoms with Gasteiger partial charge in [0.2, 0.25) is 5.89 Å². The molecule has 3 aromatic heterocycles. The lowest BCUT2D eigenvalue weighted by Crippen LogP contribution is -2.00. The van der Waals surface area contributed by atoms with Crippen LogP contribution in [-0.2, 0) is 0 Å². The van der Waals surface area contributed by atoms with Crippen LogP contribution in [0.15, 0.2) is 154 Å². The van der Waals surface area contributed by atoms with Crippen molar-refractivity contribution in [1.29, 1.82) is 0 Å². The average Bonchev–Trinajstić information content (AvgIpc) is 3.74. The molecule has 0 N–H and O–H groups in total. The zero-order chi connectivity index (χ0) is 30.5. The second-order valence-electron chi connectivity index (χ2n) is 11.1. The van der Waals surface area contributed by atoms with E-state index in [1.54, 1.807) is 0 Å². The van der Waals surface area contributed by atoms with Crippen LogP contribution in [0.4, 0.5) is 0 Å². The van der Waals surface area contributed by atoms with E-state index in [0.717, 1.165) is 49.7 Å². The highest BCUT2D eigenvalue weighted by Crippen LogP contribution is 2.38. The Morgan fingerprint density at radius 2 is 0.891 bits per heavy atom. The maximum atomic E-state index is 6.42. The van der Waals surface area contributed by atoms with Gasteiger partial charge in [0.25, 0.3) is 0 Å². The predicted molar refractivity (Wildman–Crippen MR) is 182 cm³/mol. The Kier molecular flexibility index (Phi) is 6.03. The van der Waals surface area contributed by atoms with E-state index in [0.29, 0.717) is 34.5 Å². The van der Waals surface area contributed by atoms with Gasteiger partial charge in [-0.25, -0.2) is 19.9 Å². The standard InChI is InChI=1S/C40H24N4O2/c1-4-10-25(11-5-1)26-16-18-29(19-17-26)40-41-32-22-23-33-35(36(32)46-40)31-21-20-30(24-34(31)45-33)39-43-37(27-12-6-2-7-13-27)42-38(44-39)28-14-8-3-9-15-28/h1-24H. The minimum atomic E-state index is 0.570. The van der Waals surface area contributed by atoms with Gasteiger partial charge in [0.05, 0.1) is 5.39 Å². The van der Waals surface area contributed by atoms with E-state index in [4.69, 9.17) is 28.8 Å². The highest BCUT2D eigenvalue weighted by atomic mass is 16.4. The van der Waals surface area contributed by atoms with Crippen molar-refractivity contribution < 1.29 is 8.83 Å².